The predicted molar refractivity (Wildman–Crippen MR) is 279 cm³/mol. The number of likely N-dealkylation sites (tertiary alicyclic amines) is 1. The molecule has 7 heterocycles. The van der Waals surface area contributed by atoms with Crippen LogP contribution in [0.5, 0.6) is 0 Å². The van der Waals surface area contributed by atoms with Gasteiger partial charge < -0.3 is 25.3 Å². The Balaban J connectivity index is 0.000000187. The third-order valence-corrected chi connectivity index (χ3v) is 17.3. The second kappa shape index (κ2) is 19.6. The van der Waals surface area contributed by atoms with Gasteiger partial charge in [-0.2, -0.15) is 20.2 Å². The first-order chi connectivity index (χ1) is 33.2. The quantitative estimate of drug-likeness (QED) is 0.109. The topological polar surface area (TPSA) is 192 Å². The summed E-state index contributed by atoms with van der Waals surface area (Å²) in [5, 5.41) is 17.8. The van der Waals surface area contributed by atoms with Crippen molar-refractivity contribution in [1.82, 2.24) is 34.9 Å². The van der Waals surface area contributed by atoms with Gasteiger partial charge >= 0.3 is 0 Å². The molecule has 4 saturated heterocycles. The highest BCUT2D eigenvalue weighted by Gasteiger charge is 2.72. The molecule has 2 aromatic heterocycles. The zero-order valence-corrected chi connectivity index (χ0v) is 44.8. The fourth-order valence-electron chi connectivity index (χ4n) is 12.9. The van der Waals surface area contributed by atoms with Crippen molar-refractivity contribution in [2.24, 2.45) is 23.7 Å². The number of aliphatic hydroxyl groups is 1. The minimum absolute atomic E-state index is 0.104. The van der Waals surface area contributed by atoms with Gasteiger partial charge in [-0.3, -0.25) is 38.4 Å². The number of fused-ring (bicyclic) bond motifs is 7. The zero-order valence-electron chi connectivity index (χ0n) is 41.6. The second-order valence-electron chi connectivity index (χ2n) is 21.4. The zero-order chi connectivity index (χ0) is 50.2. The minimum Gasteiger partial charge on any atom is -0.361 e. The number of piperidine rings is 1. The van der Waals surface area contributed by atoms with Crippen molar-refractivity contribution in [2.75, 3.05) is 51.5 Å². The Morgan fingerprint density at radius 3 is 2.50 bits per heavy atom. The molecule has 2 aliphatic carbocycles. The Bertz CT molecular complexity index is 2800. The highest BCUT2D eigenvalue weighted by atomic mass is 79.9. The molecule has 4 fully saturated rings. The lowest BCUT2D eigenvalue weighted by molar-refractivity contribution is -0.322. The van der Waals surface area contributed by atoms with E-state index < -0.39 is 51.6 Å². The molecule has 380 valence electrons. The Labute approximate surface area is 424 Å². The van der Waals surface area contributed by atoms with Gasteiger partial charge in [0, 0.05) is 71.6 Å². The molecule has 0 unspecified atom stereocenters. The monoisotopic (exact) mass is 1060 g/mol. The summed E-state index contributed by atoms with van der Waals surface area (Å²) in [7, 11) is -1.64. The van der Waals surface area contributed by atoms with Crippen molar-refractivity contribution in [1.29, 1.82) is 0 Å². The number of hydrogen-bond acceptors (Lipinski definition) is 10. The van der Waals surface area contributed by atoms with Crippen LogP contribution in [-0.2, 0) is 42.1 Å². The summed E-state index contributed by atoms with van der Waals surface area (Å²) in [6.45, 7) is 13.4. The molecule has 0 radical (unpaired) electrons. The number of rotatable bonds is 9. The summed E-state index contributed by atoms with van der Waals surface area (Å²) >= 11 is 5.71. The number of ether oxygens (including phenoxy) is 1. The van der Waals surface area contributed by atoms with Crippen LogP contribution < -0.4 is 5.32 Å². The number of halogens is 1. The molecular formula is C52H70BrN7O8S2. The summed E-state index contributed by atoms with van der Waals surface area (Å²) in [6.07, 6.45) is 13.6. The van der Waals surface area contributed by atoms with Crippen LogP contribution >= 0.6 is 27.7 Å². The number of hydrogen-bond donors (Lipinski definition) is 5. The lowest BCUT2D eigenvalue weighted by atomic mass is 9.72. The molecule has 70 heavy (non-hydrogen) atoms. The van der Waals surface area contributed by atoms with Crippen LogP contribution in [0.15, 0.2) is 53.3 Å². The summed E-state index contributed by atoms with van der Waals surface area (Å²) in [4.78, 5) is 57.1. The number of carbonyl (C=O) groups excluding carboxylic acids is 3. The van der Waals surface area contributed by atoms with Crippen LogP contribution in [0.4, 0.5) is 0 Å². The van der Waals surface area contributed by atoms with E-state index in [-0.39, 0.29) is 23.8 Å². The van der Waals surface area contributed by atoms with E-state index in [2.05, 4.69) is 90.7 Å². The van der Waals surface area contributed by atoms with Gasteiger partial charge in [-0.05, 0) is 138 Å². The van der Waals surface area contributed by atoms with Gasteiger partial charge in [-0.25, -0.2) is 0 Å². The van der Waals surface area contributed by atoms with Crippen LogP contribution in [0.25, 0.3) is 27.4 Å². The van der Waals surface area contributed by atoms with Crippen molar-refractivity contribution >= 4 is 82.9 Å². The second-order valence-corrected chi connectivity index (χ2v) is 24.6. The fraction of sp³-hybridized carbons (Fsp3) is 0.596. The normalized spacial score (nSPS) is 30.4. The van der Waals surface area contributed by atoms with E-state index in [9.17, 15) is 27.9 Å². The molecule has 18 heteroatoms. The van der Waals surface area contributed by atoms with E-state index >= 15 is 0 Å². The van der Waals surface area contributed by atoms with Gasteiger partial charge in [0.25, 0.3) is 21.9 Å². The third kappa shape index (κ3) is 9.08. The molecular weight excluding hydrogens is 995 g/mol. The van der Waals surface area contributed by atoms with Crippen LogP contribution in [0.2, 0.25) is 0 Å². The van der Waals surface area contributed by atoms with E-state index in [1.165, 1.54) is 70.4 Å². The average molecular weight is 1070 g/mol. The van der Waals surface area contributed by atoms with E-state index in [1.807, 2.05) is 44.8 Å². The molecule has 5 N–H and O–H groups in total. The van der Waals surface area contributed by atoms with Crippen molar-refractivity contribution < 1.29 is 37.2 Å². The molecule has 4 aromatic rings. The average Bonchev–Trinajstić information content (AvgIpc) is 4.08. The van der Waals surface area contributed by atoms with Gasteiger partial charge in [0.1, 0.15) is 12.1 Å². The Kier molecular flexibility index (Phi) is 14.3. The Morgan fingerprint density at radius 2 is 1.80 bits per heavy atom. The van der Waals surface area contributed by atoms with Crippen LogP contribution in [0, 0.1) is 23.7 Å². The fourth-order valence-corrected chi connectivity index (χ4v) is 14.2. The number of aromatic amines is 2. The maximum absolute atomic E-state index is 14.4. The Morgan fingerprint density at radius 1 is 1.07 bits per heavy atom. The lowest BCUT2D eigenvalue weighted by Crippen LogP contribution is -2.71. The number of likely N-dealkylation sites (N-methyl/N-ethyl adjacent to an activating group) is 1. The van der Waals surface area contributed by atoms with Gasteiger partial charge in [0.05, 0.1) is 16.8 Å². The van der Waals surface area contributed by atoms with Crippen molar-refractivity contribution in [3.63, 3.8) is 0 Å². The minimum atomic E-state index is -3.67. The van der Waals surface area contributed by atoms with E-state index in [4.69, 9.17) is 9.29 Å². The number of thioether (sulfide) groups is 1. The summed E-state index contributed by atoms with van der Waals surface area (Å²) in [5.74, 6) is -1.14. The molecule has 0 bridgehead atoms. The first-order valence-corrected chi connectivity index (χ1v) is 29.1. The molecule has 0 spiro atoms. The molecule has 11 rings (SSSR count). The van der Waals surface area contributed by atoms with Crippen LogP contribution in [-0.4, -0.2) is 153 Å². The maximum atomic E-state index is 14.4. The van der Waals surface area contributed by atoms with E-state index in [0.717, 1.165) is 45.9 Å². The smallest absolute Gasteiger partial charge is 0.281 e. The number of nitrogens with zero attached hydrogens (tertiary/aromatic N) is 4. The van der Waals surface area contributed by atoms with Crippen molar-refractivity contribution in [2.45, 2.75) is 121 Å². The van der Waals surface area contributed by atoms with Gasteiger partial charge in [0.2, 0.25) is 17.5 Å². The molecule has 9 atom stereocenters. The van der Waals surface area contributed by atoms with Gasteiger partial charge in [0.15, 0.2) is 0 Å². The Hall–Kier alpha value is -3.75. The molecule has 0 saturated carbocycles. The summed E-state index contributed by atoms with van der Waals surface area (Å²) in [5.41, 5.74) is 7.16. The van der Waals surface area contributed by atoms with E-state index in [0.29, 0.717) is 38.2 Å². The van der Waals surface area contributed by atoms with Crippen LogP contribution in [0.3, 0.4) is 0 Å². The number of H-pyrrole nitrogens is 2. The number of benzene rings is 2. The first-order valence-electron chi connectivity index (χ1n) is 25.0. The number of nitrogens with one attached hydrogen (secondary N) is 3. The van der Waals surface area contributed by atoms with Gasteiger partial charge in [-0.1, -0.05) is 65.0 Å². The van der Waals surface area contributed by atoms with Gasteiger partial charge in [-0.15, -0.1) is 0 Å². The highest BCUT2D eigenvalue weighted by molar-refractivity contribution is 9.10. The maximum Gasteiger partial charge on any atom is 0.281 e. The van der Waals surface area contributed by atoms with Crippen LogP contribution in [0.1, 0.15) is 94.9 Å². The molecule has 2 aromatic carbocycles. The SMILES string of the molecule is CC(C)C[C@H]1C(=O)N2CCC[C@H]2[C@]2(O)O[C@](NC(=O)[C@@H]3C=C4c5cccc6[nH]c(Br)c(c56)C[C@H]4N(C)C3)(C(C)C)C(=O)N12.CCCN1C[C@H](CSC)C[C@@H]2c3cccc4[nH]cc(c34)C[C@H]21.CS(=O)(=O)O. The predicted octanol–water partition coefficient (Wildman–Crippen LogP) is 6.97. The molecule has 3 amide bonds. The number of carbonyl (C=O) groups is 3. The molecule has 5 aliphatic heterocycles. The highest BCUT2D eigenvalue weighted by Crippen LogP contribution is 2.50. The standard InChI is InChI=1S/C32H40BrN5O5.C19H26N2S.CH4O3S/c1-16(2)12-24-29(40)37-11-7-10-25(37)32(42)38(24)30(41)31(43-32,17(3)4)35-28(39)18-13-20-19-8-6-9-22-26(19)21(27(33)34-22)14-23(20)36(5)15-18;1-3-7-21-11-13(12-22-2)8-16-15-5-4-6-17-19(15)14(10-20-17)9-18(16)21;1-5(2,3)4/h6,8-9,13,16-18,23-25,34,42H,7,10-12,14-15H2,1-5H3,(H,35,39);4-6,10,13,16,18,20H,3,7-9,11-12H2,1-2H3;1H3,(H,2,3,4)/t18-,23-,24+,25+,31-,32+;13-,16-,18-;/m11./s1. The first kappa shape index (κ1) is 51.2. The number of amides is 3. The largest absolute Gasteiger partial charge is 0.361 e. The number of piperazine rings is 1. The summed E-state index contributed by atoms with van der Waals surface area (Å²) < 4.78 is 33.3. The van der Waals surface area contributed by atoms with E-state index in [1.54, 1.807) is 24.3 Å². The molecule has 15 nitrogen and oxygen atoms in total. The number of aromatic nitrogens is 2. The third-order valence-electron chi connectivity index (χ3n) is 15.8. The molecule has 7 aliphatic rings. The summed E-state index contributed by atoms with van der Waals surface area (Å²) in [6, 6.07) is 12.3. The van der Waals surface area contributed by atoms with Crippen molar-refractivity contribution in [3.8, 4) is 0 Å². The lowest BCUT2D eigenvalue weighted by Gasteiger charge is -2.49. The van der Waals surface area contributed by atoms with Crippen molar-refractivity contribution in [3.05, 3.63) is 75.5 Å².